The van der Waals surface area contributed by atoms with E-state index in [9.17, 15) is 9.18 Å². The van der Waals surface area contributed by atoms with E-state index in [0.717, 1.165) is 24.0 Å². The van der Waals surface area contributed by atoms with Crippen molar-refractivity contribution in [1.29, 1.82) is 0 Å². The van der Waals surface area contributed by atoms with Gasteiger partial charge in [0.05, 0.1) is 0 Å². The number of carbonyl (C=O) groups is 1. The van der Waals surface area contributed by atoms with Crippen molar-refractivity contribution in [1.82, 2.24) is 0 Å². The van der Waals surface area contributed by atoms with Gasteiger partial charge in [-0.15, -0.1) is 6.58 Å². The maximum Gasteiger partial charge on any atom is 0.155 e. The number of rotatable bonds is 10. The van der Waals surface area contributed by atoms with E-state index in [1.54, 1.807) is 24.3 Å². The van der Waals surface area contributed by atoms with Gasteiger partial charge in [-0.25, -0.2) is 4.39 Å². The van der Waals surface area contributed by atoms with E-state index >= 15 is 0 Å². The van der Waals surface area contributed by atoms with Crippen LogP contribution in [0, 0.1) is 12.7 Å². The standard InChI is InChI=1S/C20H27FO/c1-4-6-7-8-9-11-19(22)14-17(10-5-2)20-15-18(21)13-12-16(20)3/h5,9,11-13,15,17H,2,4,6-8,10,14H2,1,3H3/b11-9+/t17-/m0/s1. The lowest BCUT2D eigenvalue weighted by atomic mass is 9.87. The highest BCUT2D eigenvalue weighted by Gasteiger charge is 2.16. The molecule has 0 unspecified atom stereocenters. The van der Waals surface area contributed by atoms with E-state index in [1.807, 2.05) is 13.0 Å². The van der Waals surface area contributed by atoms with Crippen molar-refractivity contribution in [2.45, 2.75) is 58.3 Å². The molecule has 0 heterocycles. The Morgan fingerprint density at radius 1 is 1.36 bits per heavy atom. The molecule has 0 radical (unpaired) electrons. The monoisotopic (exact) mass is 302 g/mol. The molecule has 0 spiro atoms. The molecular formula is C20H27FO. The summed E-state index contributed by atoms with van der Waals surface area (Å²) in [6.07, 6.45) is 11.0. The minimum Gasteiger partial charge on any atom is -0.295 e. The molecule has 0 saturated carbocycles. The van der Waals surface area contributed by atoms with Crippen LogP contribution >= 0.6 is 0 Å². The number of hydrogen-bond donors (Lipinski definition) is 0. The minimum atomic E-state index is -0.253. The molecule has 22 heavy (non-hydrogen) atoms. The maximum atomic E-state index is 13.5. The number of carbonyl (C=O) groups excluding carboxylic acids is 1. The van der Waals surface area contributed by atoms with E-state index in [2.05, 4.69) is 13.5 Å². The van der Waals surface area contributed by atoms with Crippen molar-refractivity contribution in [2.75, 3.05) is 0 Å². The summed E-state index contributed by atoms with van der Waals surface area (Å²) < 4.78 is 13.5. The largest absolute Gasteiger partial charge is 0.295 e. The van der Waals surface area contributed by atoms with Crippen LogP contribution in [-0.2, 0) is 4.79 Å². The summed E-state index contributed by atoms with van der Waals surface area (Å²) in [6, 6.07) is 4.77. The van der Waals surface area contributed by atoms with E-state index in [-0.39, 0.29) is 17.5 Å². The molecule has 1 aromatic rings. The number of ketones is 1. The van der Waals surface area contributed by atoms with Gasteiger partial charge >= 0.3 is 0 Å². The molecule has 0 aliphatic heterocycles. The first-order valence-electron chi connectivity index (χ1n) is 8.14. The molecule has 1 nitrogen and oxygen atoms in total. The van der Waals surface area contributed by atoms with Gasteiger partial charge in [0.25, 0.3) is 0 Å². The van der Waals surface area contributed by atoms with Gasteiger partial charge in [-0.3, -0.25) is 4.79 Å². The molecule has 0 aliphatic carbocycles. The van der Waals surface area contributed by atoms with Crippen LogP contribution < -0.4 is 0 Å². The zero-order valence-corrected chi connectivity index (χ0v) is 13.8. The van der Waals surface area contributed by atoms with Gasteiger partial charge < -0.3 is 0 Å². The van der Waals surface area contributed by atoms with E-state index in [0.29, 0.717) is 12.8 Å². The van der Waals surface area contributed by atoms with Crippen molar-refractivity contribution in [2.24, 2.45) is 0 Å². The topological polar surface area (TPSA) is 17.1 Å². The van der Waals surface area contributed by atoms with Crippen molar-refractivity contribution >= 4 is 5.78 Å². The van der Waals surface area contributed by atoms with E-state index < -0.39 is 0 Å². The third-order valence-corrected chi connectivity index (χ3v) is 3.86. The summed E-state index contributed by atoms with van der Waals surface area (Å²) in [6.45, 7) is 7.88. The van der Waals surface area contributed by atoms with Crippen LogP contribution in [0.4, 0.5) is 4.39 Å². The summed E-state index contributed by atoms with van der Waals surface area (Å²) in [5.41, 5.74) is 1.93. The Hall–Kier alpha value is -1.70. The predicted molar refractivity (Wildman–Crippen MR) is 91.6 cm³/mol. The fourth-order valence-electron chi connectivity index (χ4n) is 2.61. The zero-order chi connectivity index (χ0) is 16.4. The SMILES string of the molecule is C=CC[C@@H](CC(=O)/C=C/CCCCC)c1cc(F)ccc1C. The second-order valence-corrected chi connectivity index (χ2v) is 5.79. The lowest BCUT2D eigenvalue weighted by molar-refractivity contribution is -0.115. The van der Waals surface area contributed by atoms with Gasteiger partial charge in [-0.2, -0.15) is 0 Å². The van der Waals surface area contributed by atoms with Crippen LogP contribution in [0.2, 0.25) is 0 Å². The second-order valence-electron chi connectivity index (χ2n) is 5.79. The van der Waals surface area contributed by atoms with Crippen LogP contribution in [0.1, 0.15) is 62.5 Å². The quantitative estimate of drug-likeness (QED) is 0.299. The summed E-state index contributed by atoms with van der Waals surface area (Å²) in [5.74, 6) is -0.148. The van der Waals surface area contributed by atoms with Crippen LogP contribution in [0.15, 0.2) is 43.0 Å². The first-order chi connectivity index (χ1) is 10.6. The fourth-order valence-corrected chi connectivity index (χ4v) is 2.61. The van der Waals surface area contributed by atoms with Crippen LogP contribution in [0.3, 0.4) is 0 Å². The molecule has 0 aliphatic rings. The summed E-state index contributed by atoms with van der Waals surface area (Å²) >= 11 is 0. The van der Waals surface area contributed by atoms with Crippen LogP contribution in [0.5, 0.6) is 0 Å². The average Bonchev–Trinajstić information content (AvgIpc) is 2.49. The number of hydrogen-bond acceptors (Lipinski definition) is 1. The molecule has 1 aromatic carbocycles. The number of halogens is 1. The first-order valence-corrected chi connectivity index (χ1v) is 8.14. The maximum absolute atomic E-state index is 13.5. The third-order valence-electron chi connectivity index (χ3n) is 3.86. The fraction of sp³-hybridized carbons (Fsp3) is 0.450. The normalized spacial score (nSPS) is 12.5. The number of benzene rings is 1. The summed E-state index contributed by atoms with van der Waals surface area (Å²) in [5, 5.41) is 0. The summed E-state index contributed by atoms with van der Waals surface area (Å²) in [4.78, 5) is 12.1. The number of allylic oxidation sites excluding steroid dienone is 3. The molecule has 0 amide bonds. The van der Waals surface area contributed by atoms with Gasteiger partial charge in [-0.05, 0) is 61.4 Å². The molecule has 1 rings (SSSR count). The first kappa shape index (κ1) is 18.3. The van der Waals surface area contributed by atoms with Gasteiger partial charge in [0, 0.05) is 6.42 Å². The van der Waals surface area contributed by atoms with Crippen LogP contribution in [0.25, 0.3) is 0 Å². The van der Waals surface area contributed by atoms with Crippen molar-refractivity contribution in [3.63, 3.8) is 0 Å². The highest BCUT2D eigenvalue weighted by Crippen LogP contribution is 2.28. The lowest BCUT2D eigenvalue weighted by Crippen LogP contribution is -2.07. The third kappa shape index (κ3) is 6.38. The van der Waals surface area contributed by atoms with Crippen molar-refractivity contribution < 1.29 is 9.18 Å². The Kier molecular flexibility index (Phi) is 8.42. The van der Waals surface area contributed by atoms with Gasteiger partial charge in [-0.1, -0.05) is 38.0 Å². The molecule has 1 atom stereocenters. The Bertz CT molecular complexity index is 516. The Balaban J connectivity index is 2.69. The van der Waals surface area contributed by atoms with E-state index in [4.69, 9.17) is 0 Å². The molecule has 120 valence electrons. The zero-order valence-electron chi connectivity index (χ0n) is 13.8. The number of aryl methyl sites for hydroxylation is 1. The smallest absolute Gasteiger partial charge is 0.155 e. The Labute approximate surface area is 133 Å². The molecule has 0 bridgehead atoms. The molecule has 0 saturated heterocycles. The minimum absolute atomic E-state index is 0.000918. The molecule has 2 heteroatoms. The highest BCUT2D eigenvalue weighted by atomic mass is 19.1. The van der Waals surface area contributed by atoms with Crippen LogP contribution in [-0.4, -0.2) is 5.78 Å². The van der Waals surface area contributed by atoms with Crippen molar-refractivity contribution in [3.05, 3.63) is 60.0 Å². The highest BCUT2D eigenvalue weighted by molar-refractivity contribution is 5.90. The lowest BCUT2D eigenvalue weighted by Gasteiger charge is -2.16. The van der Waals surface area contributed by atoms with Gasteiger partial charge in [0.1, 0.15) is 5.82 Å². The van der Waals surface area contributed by atoms with Crippen molar-refractivity contribution in [3.8, 4) is 0 Å². The number of unbranched alkanes of at least 4 members (excludes halogenated alkanes) is 3. The van der Waals surface area contributed by atoms with E-state index in [1.165, 1.54) is 18.9 Å². The molecule has 0 N–H and O–H groups in total. The molecule has 0 aromatic heterocycles. The van der Waals surface area contributed by atoms with Gasteiger partial charge in [0.15, 0.2) is 5.78 Å². The predicted octanol–water partition coefficient (Wildman–Crippen LogP) is 5.89. The average molecular weight is 302 g/mol. The second kappa shape index (κ2) is 10.1. The summed E-state index contributed by atoms with van der Waals surface area (Å²) in [7, 11) is 0. The Morgan fingerprint density at radius 2 is 2.14 bits per heavy atom. The Morgan fingerprint density at radius 3 is 2.82 bits per heavy atom. The van der Waals surface area contributed by atoms with Gasteiger partial charge in [0.2, 0.25) is 0 Å². The molecular weight excluding hydrogens is 275 g/mol. The molecule has 0 fully saturated rings.